The van der Waals surface area contributed by atoms with Gasteiger partial charge >= 0.3 is 0 Å². The highest BCUT2D eigenvalue weighted by Gasteiger charge is 2.74. The first-order valence-corrected chi connectivity index (χ1v) is 15.6. The quantitative estimate of drug-likeness (QED) is 0.403. The number of aliphatic hydroxyl groups excluding tert-OH is 1. The van der Waals surface area contributed by atoms with Gasteiger partial charge in [0.25, 0.3) is 0 Å². The van der Waals surface area contributed by atoms with Gasteiger partial charge in [-0.25, -0.2) is 0 Å². The van der Waals surface area contributed by atoms with Crippen molar-refractivity contribution in [3.8, 4) is 0 Å². The Kier molecular flexibility index (Phi) is 8.03. The minimum absolute atomic E-state index is 0.00902. The van der Waals surface area contributed by atoms with Crippen molar-refractivity contribution in [1.82, 2.24) is 10.2 Å². The van der Waals surface area contributed by atoms with E-state index in [-0.39, 0.29) is 35.0 Å². The molecule has 6 atom stereocenters. The van der Waals surface area contributed by atoms with Crippen LogP contribution in [0.4, 0.5) is 5.69 Å². The van der Waals surface area contributed by atoms with Crippen LogP contribution in [0.1, 0.15) is 59.4 Å². The zero-order valence-corrected chi connectivity index (χ0v) is 25.5. The van der Waals surface area contributed by atoms with Gasteiger partial charge in [-0.2, -0.15) is 0 Å². The lowest BCUT2D eigenvalue weighted by Gasteiger charge is -2.40. The highest BCUT2D eigenvalue weighted by Crippen LogP contribution is 2.66. The zero-order valence-electron chi connectivity index (χ0n) is 24.7. The Bertz CT molecular complexity index is 1280. The van der Waals surface area contributed by atoms with Crippen molar-refractivity contribution >= 4 is 35.2 Å². The summed E-state index contributed by atoms with van der Waals surface area (Å²) < 4.78 is -0.716. The molecular weight excluding hydrogens is 534 g/mol. The van der Waals surface area contributed by atoms with Crippen molar-refractivity contribution < 1.29 is 19.5 Å². The second-order valence-electron chi connectivity index (χ2n) is 13.8. The minimum Gasteiger partial charge on any atom is -0.394 e. The van der Waals surface area contributed by atoms with Crippen LogP contribution in [-0.2, 0) is 20.8 Å². The summed E-state index contributed by atoms with van der Waals surface area (Å²) in [6.45, 7) is 10.2. The SMILES string of the molecule is CC(C)(C)CC(C)(C)NC(=O)C1N([C@@H](CO)Cc2ccccc2)C(=O)[C@@H]2[C@@H](C(=O)Nc3ccccc3)[C@H]3CCC12S3. The van der Waals surface area contributed by atoms with Crippen molar-refractivity contribution in [1.29, 1.82) is 0 Å². The third-order valence-electron chi connectivity index (χ3n) is 8.68. The number of nitrogens with one attached hydrogen (secondary N) is 2. The van der Waals surface area contributed by atoms with Crippen LogP contribution in [0.5, 0.6) is 0 Å². The summed E-state index contributed by atoms with van der Waals surface area (Å²) in [5.41, 5.74) is 1.16. The molecule has 5 rings (SSSR count). The second kappa shape index (κ2) is 11.1. The van der Waals surface area contributed by atoms with E-state index in [4.69, 9.17) is 0 Å². The molecule has 0 aliphatic carbocycles. The van der Waals surface area contributed by atoms with Gasteiger partial charge in [-0.05, 0) is 62.6 Å². The molecule has 0 radical (unpaired) electrons. The highest BCUT2D eigenvalue weighted by molar-refractivity contribution is 8.02. The summed E-state index contributed by atoms with van der Waals surface area (Å²) >= 11 is 1.65. The van der Waals surface area contributed by atoms with E-state index in [0.717, 1.165) is 18.4 Å². The van der Waals surface area contributed by atoms with Crippen molar-refractivity contribution in [3.63, 3.8) is 0 Å². The fourth-order valence-corrected chi connectivity index (χ4v) is 9.95. The number of likely N-dealkylation sites (tertiary alicyclic amines) is 1. The first-order valence-electron chi connectivity index (χ1n) is 14.7. The van der Waals surface area contributed by atoms with Crippen LogP contribution in [0.2, 0.25) is 0 Å². The third kappa shape index (κ3) is 5.78. The largest absolute Gasteiger partial charge is 0.394 e. The average Bonchev–Trinajstić information content (AvgIpc) is 3.54. The Balaban J connectivity index is 1.51. The Morgan fingerprint density at radius 3 is 2.27 bits per heavy atom. The molecule has 2 unspecified atom stereocenters. The van der Waals surface area contributed by atoms with Gasteiger partial charge in [0, 0.05) is 16.5 Å². The number of fused-ring (bicyclic) bond motifs is 1. The molecular formula is C33H43N3O4S. The number of hydrogen-bond donors (Lipinski definition) is 3. The van der Waals surface area contributed by atoms with Gasteiger partial charge in [0.05, 0.1) is 29.2 Å². The van der Waals surface area contributed by atoms with Crippen molar-refractivity contribution in [2.75, 3.05) is 11.9 Å². The molecule has 3 heterocycles. The number of aliphatic hydroxyl groups is 1. The van der Waals surface area contributed by atoms with Gasteiger partial charge in [-0.15, -0.1) is 11.8 Å². The summed E-state index contributed by atoms with van der Waals surface area (Å²) in [5.74, 6) is -1.73. The zero-order chi connectivity index (χ0) is 29.6. The Labute approximate surface area is 247 Å². The molecule has 0 aromatic heterocycles. The molecule has 3 amide bonds. The van der Waals surface area contributed by atoms with Crippen LogP contribution in [0.3, 0.4) is 0 Å². The molecule has 7 nitrogen and oxygen atoms in total. The smallest absolute Gasteiger partial charge is 0.244 e. The molecule has 3 aliphatic rings. The maximum absolute atomic E-state index is 14.5. The molecule has 2 aromatic rings. The monoisotopic (exact) mass is 577 g/mol. The molecule has 3 N–H and O–H groups in total. The Morgan fingerprint density at radius 2 is 1.66 bits per heavy atom. The number of anilines is 1. The molecule has 8 heteroatoms. The van der Waals surface area contributed by atoms with Gasteiger partial charge in [0.1, 0.15) is 6.04 Å². The molecule has 41 heavy (non-hydrogen) atoms. The first-order chi connectivity index (χ1) is 19.3. The van der Waals surface area contributed by atoms with Crippen molar-refractivity contribution in [2.24, 2.45) is 17.3 Å². The minimum atomic E-state index is -0.773. The lowest BCUT2D eigenvalue weighted by Crippen LogP contribution is -2.60. The maximum Gasteiger partial charge on any atom is 0.244 e. The summed E-state index contributed by atoms with van der Waals surface area (Å²) in [7, 11) is 0. The molecule has 3 fully saturated rings. The van der Waals surface area contributed by atoms with E-state index in [1.807, 2.05) is 74.5 Å². The third-order valence-corrected chi connectivity index (χ3v) is 10.6. The number of hydrogen-bond acceptors (Lipinski definition) is 5. The molecule has 1 spiro atoms. The molecule has 2 aromatic carbocycles. The van der Waals surface area contributed by atoms with Crippen LogP contribution in [0.15, 0.2) is 60.7 Å². The van der Waals surface area contributed by atoms with E-state index in [9.17, 15) is 19.5 Å². The normalized spacial score (nSPS) is 28.0. The standard InChI is InChI=1S/C33H43N3O4S/c1-31(2,3)20-32(4,5)35-29(39)27-33-17-16-24(41-33)25(28(38)34-22-14-10-7-11-15-22)26(33)30(40)36(27)23(19-37)18-21-12-8-6-9-13-21/h6-15,23-27,37H,16-20H2,1-5H3,(H,34,38)(H,35,39)/t23-,24-,25+,26+,27?,33?/m1/s1. The topological polar surface area (TPSA) is 98.7 Å². The van der Waals surface area contributed by atoms with Gasteiger partial charge < -0.3 is 20.6 Å². The predicted octanol–water partition coefficient (Wildman–Crippen LogP) is 4.65. The lowest BCUT2D eigenvalue weighted by atomic mass is 9.70. The van der Waals surface area contributed by atoms with Crippen LogP contribution in [0.25, 0.3) is 0 Å². The molecule has 3 aliphatic heterocycles. The number of benzene rings is 2. The van der Waals surface area contributed by atoms with Crippen molar-refractivity contribution in [3.05, 3.63) is 66.2 Å². The number of rotatable bonds is 9. The number of nitrogens with zero attached hydrogens (tertiary/aromatic N) is 1. The number of thioether (sulfide) groups is 1. The number of carbonyl (C=O) groups is 3. The van der Waals surface area contributed by atoms with E-state index in [2.05, 4.69) is 31.4 Å². The van der Waals surface area contributed by atoms with Gasteiger partial charge in [-0.3, -0.25) is 14.4 Å². The van der Waals surface area contributed by atoms with E-state index < -0.39 is 34.2 Å². The van der Waals surface area contributed by atoms with E-state index in [1.54, 1.807) is 16.7 Å². The van der Waals surface area contributed by atoms with Crippen LogP contribution in [0, 0.1) is 17.3 Å². The van der Waals surface area contributed by atoms with Crippen LogP contribution < -0.4 is 10.6 Å². The van der Waals surface area contributed by atoms with Gasteiger partial charge in [0.2, 0.25) is 17.7 Å². The van der Waals surface area contributed by atoms with Gasteiger partial charge in [-0.1, -0.05) is 69.3 Å². The fourth-order valence-electron chi connectivity index (χ4n) is 7.74. The number of para-hydroxylation sites is 1. The molecule has 220 valence electrons. The Hall–Kier alpha value is -2.84. The summed E-state index contributed by atoms with van der Waals surface area (Å²) in [5, 5.41) is 16.9. The fraction of sp³-hybridized carbons (Fsp3) is 0.545. The van der Waals surface area contributed by atoms with Gasteiger partial charge in [0.15, 0.2) is 0 Å². The number of carbonyl (C=O) groups excluding carboxylic acids is 3. The lowest BCUT2D eigenvalue weighted by molar-refractivity contribution is -0.142. The Morgan fingerprint density at radius 1 is 1.02 bits per heavy atom. The predicted molar refractivity (Wildman–Crippen MR) is 163 cm³/mol. The van der Waals surface area contributed by atoms with Crippen LogP contribution in [-0.4, -0.2) is 62.0 Å². The average molecular weight is 578 g/mol. The van der Waals surface area contributed by atoms with Crippen molar-refractivity contribution in [2.45, 2.75) is 87.9 Å². The summed E-state index contributed by atoms with van der Waals surface area (Å²) in [6, 6.07) is 17.7. The first kappa shape index (κ1) is 29.6. The molecule has 3 saturated heterocycles. The highest BCUT2D eigenvalue weighted by atomic mass is 32.2. The summed E-state index contributed by atoms with van der Waals surface area (Å²) in [4.78, 5) is 44.2. The molecule has 2 bridgehead atoms. The number of amides is 3. The summed E-state index contributed by atoms with van der Waals surface area (Å²) in [6.07, 6.45) is 2.64. The molecule has 0 saturated carbocycles. The van der Waals surface area contributed by atoms with E-state index in [1.165, 1.54) is 0 Å². The maximum atomic E-state index is 14.5. The van der Waals surface area contributed by atoms with E-state index in [0.29, 0.717) is 18.5 Å². The van der Waals surface area contributed by atoms with E-state index >= 15 is 0 Å². The second-order valence-corrected chi connectivity index (χ2v) is 15.4. The van der Waals surface area contributed by atoms with Crippen LogP contribution >= 0.6 is 11.8 Å².